The van der Waals surface area contributed by atoms with Crippen molar-refractivity contribution in [2.45, 2.75) is 13.0 Å². The Balaban J connectivity index is 2.16. The molecule has 5 heteroatoms. The largest absolute Gasteiger partial charge is 0.470 e. The summed E-state index contributed by atoms with van der Waals surface area (Å²) >= 11 is 5.77. The smallest absolute Gasteiger partial charge is 0.224 e. The molecule has 0 aliphatic rings. The molecule has 0 fully saturated rings. The zero-order chi connectivity index (χ0) is 12.3. The van der Waals surface area contributed by atoms with Crippen molar-refractivity contribution < 1.29 is 4.74 Å². The number of hydrogen-bond acceptors (Lipinski definition) is 4. The third kappa shape index (κ3) is 3.07. The molecule has 1 atom stereocenters. The minimum absolute atomic E-state index is 0.104. The quantitative estimate of drug-likeness (QED) is 0.850. The molecule has 2 N–H and O–H groups in total. The summed E-state index contributed by atoms with van der Waals surface area (Å²) in [4.78, 5) is 7.73. The summed E-state index contributed by atoms with van der Waals surface area (Å²) in [6.07, 6.45) is -0.124. The van der Waals surface area contributed by atoms with Crippen LogP contribution in [0.2, 0.25) is 5.15 Å². The minimum atomic E-state index is -0.124. The number of nitrogen functional groups attached to an aromatic ring is 1. The topological polar surface area (TPSA) is 61.0 Å². The van der Waals surface area contributed by atoms with Crippen LogP contribution in [-0.4, -0.2) is 9.97 Å². The number of nitrogens with two attached hydrogens (primary N) is 1. The van der Waals surface area contributed by atoms with E-state index in [1.807, 2.05) is 37.3 Å². The number of ether oxygens (including phenoxy) is 1. The van der Waals surface area contributed by atoms with Gasteiger partial charge in [0.1, 0.15) is 11.3 Å². The Morgan fingerprint density at radius 1 is 1.24 bits per heavy atom. The van der Waals surface area contributed by atoms with Crippen molar-refractivity contribution in [3.05, 3.63) is 47.1 Å². The van der Waals surface area contributed by atoms with E-state index in [2.05, 4.69) is 9.97 Å². The molecule has 0 saturated heterocycles. The van der Waals surface area contributed by atoms with Gasteiger partial charge in [0.15, 0.2) is 0 Å². The van der Waals surface area contributed by atoms with Crippen LogP contribution in [0.4, 0.5) is 5.95 Å². The standard InChI is InChI=1S/C12H12ClN3O/c1-8(9-5-3-2-4-6-9)17-11-7-10(13)15-12(14)16-11/h2-8H,1H3,(H2,14,15,16). The first-order valence-electron chi connectivity index (χ1n) is 5.17. The molecule has 1 aromatic heterocycles. The van der Waals surface area contributed by atoms with Crippen LogP contribution in [0.5, 0.6) is 5.88 Å². The van der Waals surface area contributed by atoms with Crippen molar-refractivity contribution in [1.29, 1.82) is 0 Å². The van der Waals surface area contributed by atoms with Crippen LogP contribution in [0.25, 0.3) is 0 Å². The molecule has 0 saturated carbocycles. The van der Waals surface area contributed by atoms with Crippen molar-refractivity contribution in [1.82, 2.24) is 9.97 Å². The van der Waals surface area contributed by atoms with Crippen molar-refractivity contribution in [3.63, 3.8) is 0 Å². The molecule has 2 aromatic rings. The van der Waals surface area contributed by atoms with Crippen LogP contribution in [0.3, 0.4) is 0 Å². The molecular formula is C12H12ClN3O. The maximum atomic E-state index is 5.77. The van der Waals surface area contributed by atoms with Crippen molar-refractivity contribution >= 4 is 17.5 Å². The van der Waals surface area contributed by atoms with E-state index in [0.29, 0.717) is 5.88 Å². The molecule has 1 unspecified atom stereocenters. The fourth-order valence-corrected chi connectivity index (χ4v) is 1.63. The van der Waals surface area contributed by atoms with Gasteiger partial charge in [0.05, 0.1) is 0 Å². The van der Waals surface area contributed by atoms with Crippen molar-refractivity contribution in [2.24, 2.45) is 0 Å². The molecule has 0 amide bonds. The predicted octanol–water partition coefficient (Wildman–Crippen LogP) is 2.85. The van der Waals surface area contributed by atoms with E-state index in [0.717, 1.165) is 5.56 Å². The fourth-order valence-electron chi connectivity index (χ4n) is 1.45. The summed E-state index contributed by atoms with van der Waals surface area (Å²) in [6, 6.07) is 11.4. The molecule has 0 bridgehead atoms. The van der Waals surface area contributed by atoms with Crippen LogP contribution < -0.4 is 10.5 Å². The second kappa shape index (κ2) is 5.01. The van der Waals surface area contributed by atoms with E-state index in [1.54, 1.807) is 0 Å². The maximum absolute atomic E-state index is 5.77. The average molecular weight is 250 g/mol. The van der Waals surface area contributed by atoms with Gasteiger partial charge in [0.25, 0.3) is 0 Å². The molecule has 2 rings (SSSR count). The Hall–Kier alpha value is -1.81. The average Bonchev–Trinajstić information content (AvgIpc) is 2.28. The van der Waals surface area contributed by atoms with Gasteiger partial charge in [0.2, 0.25) is 11.8 Å². The highest BCUT2D eigenvalue weighted by atomic mass is 35.5. The Morgan fingerprint density at radius 3 is 2.59 bits per heavy atom. The van der Waals surface area contributed by atoms with E-state index in [1.165, 1.54) is 6.07 Å². The first kappa shape index (κ1) is 11.7. The van der Waals surface area contributed by atoms with Gasteiger partial charge in [-0.1, -0.05) is 41.9 Å². The first-order valence-corrected chi connectivity index (χ1v) is 5.54. The summed E-state index contributed by atoms with van der Waals surface area (Å²) < 4.78 is 5.65. The van der Waals surface area contributed by atoms with Crippen molar-refractivity contribution in [3.8, 4) is 5.88 Å². The lowest BCUT2D eigenvalue weighted by Crippen LogP contribution is -2.05. The fraction of sp³-hybridized carbons (Fsp3) is 0.167. The molecular weight excluding hydrogens is 238 g/mol. The van der Waals surface area contributed by atoms with Crippen LogP contribution in [0.15, 0.2) is 36.4 Å². The monoisotopic (exact) mass is 249 g/mol. The number of anilines is 1. The number of hydrogen-bond donors (Lipinski definition) is 1. The lowest BCUT2D eigenvalue weighted by Gasteiger charge is -2.14. The number of benzene rings is 1. The molecule has 4 nitrogen and oxygen atoms in total. The van der Waals surface area contributed by atoms with Gasteiger partial charge < -0.3 is 10.5 Å². The van der Waals surface area contributed by atoms with Gasteiger partial charge in [0, 0.05) is 6.07 Å². The number of halogens is 1. The Morgan fingerprint density at radius 2 is 1.94 bits per heavy atom. The van der Waals surface area contributed by atoms with Gasteiger partial charge in [-0.25, -0.2) is 4.98 Å². The van der Waals surface area contributed by atoms with E-state index >= 15 is 0 Å². The summed E-state index contributed by atoms with van der Waals surface area (Å²) in [5.74, 6) is 0.478. The minimum Gasteiger partial charge on any atom is -0.470 e. The molecule has 1 aromatic carbocycles. The molecule has 0 aliphatic carbocycles. The lowest BCUT2D eigenvalue weighted by molar-refractivity contribution is 0.217. The van der Waals surface area contributed by atoms with Gasteiger partial charge in [-0.15, -0.1) is 0 Å². The summed E-state index contributed by atoms with van der Waals surface area (Å²) in [7, 11) is 0. The van der Waals surface area contributed by atoms with E-state index in [9.17, 15) is 0 Å². The summed E-state index contributed by atoms with van der Waals surface area (Å²) in [5.41, 5.74) is 6.54. The van der Waals surface area contributed by atoms with Gasteiger partial charge in [-0.3, -0.25) is 0 Å². The maximum Gasteiger partial charge on any atom is 0.224 e. The molecule has 0 radical (unpaired) electrons. The Bertz CT molecular complexity index is 484. The SMILES string of the molecule is CC(Oc1cc(Cl)nc(N)n1)c1ccccc1. The van der Waals surface area contributed by atoms with E-state index in [-0.39, 0.29) is 17.2 Å². The van der Waals surface area contributed by atoms with Gasteiger partial charge in [-0.05, 0) is 12.5 Å². The molecule has 0 aliphatic heterocycles. The highest BCUT2D eigenvalue weighted by Crippen LogP contribution is 2.22. The number of nitrogens with zero attached hydrogens (tertiary/aromatic N) is 2. The number of aromatic nitrogens is 2. The predicted molar refractivity (Wildman–Crippen MR) is 66.9 cm³/mol. The highest BCUT2D eigenvalue weighted by Gasteiger charge is 2.09. The third-order valence-electron chi connectivity index (χ3n) is 2.26. The summed E-state index contributed by atoms with van der Waals surface area (Å²) in [5, 5.41) is 0.271. The Kier molecular flexibility index (Phi) is 3.44. The normalized spacial score (nSPS) is 12.1. The van der Waals surface area contributed by atoms with E-state index in [4.69, 9.17) is 22.1 Å². The molecule has 0 spiro atoms. The number of rotatable bonds is 3. The van der Waals surface area contributed by atoms with Crippen molar-refractivity contribution in [2.75, 3.05) is 5.73 Å². The molecule has 1 heterocycles. The van der Waals surface area contributed by atoms with Crippen LogP contribution in [0.1, 0.15) is 18.6 Å². The lowest BCUT2D eigenvalue weighted by atomic mass is 10.1. The van der Waals surface area contributed by atoms with Crippen LogP contribution >= 0.6 is 11.6 Å². The zero-order valence-electron chi connectivity index (χ0n) is 9.30. The molecule has 17 heavy (non-hydrogen) atoms. The van der Waals surface area contributed by atoms with Gasteiger partial charge in [-0.2, -0.15) is 4.98 Å². The van der Waals surface area contributed by atoms with Gasteiger partial charge >= 0.3 is 0 Å². The Labute approximate surface area is 104 Å². The second-order valence-corrected chi connectivity index (χ2v) is 3.95. The summed E-state index contributed by atoms with van der Waals surface area (Å²) in [6.45, 7) is 1.93. The van der Waals surface area contributed by atoms with Crippen LogP contribution in [0, 0.1) is 0 Å². The highest BCUT2D eigenvalue weighted by molar-refractivity contribution is 6.29. The third-order valence-corrected chi connectivity index (χ3v) is 2.45. The zero-order valence-corrected chi connectivity index (χ0v) is 10.1. The second-order valence-electron chi connectivity index (χ2n) is 3.56. The van der Waals surface area contributed by atoms with E-state index < -0.39 is 0 Å². The van der Waals surface area contributed by atoms with Crippen LogP contribution in [-0.2, 0) is 0 Å². The molecule has 88 valence electrons. The first-order chi connectivity index (χ1) is 8.15.